The first-order valence-electron chi connectivity index (χ1n) is 8.53. The molecule has 0 spiro atoms. The fourth-order valence-electron chi connectivity index (χ4n) is 3.71. The van der Waals surface area contributed by atoms with Crippen LogP contribution in [0.3, 0.4) is 0 Å². The first kappa shape index (κ1) is 18.4. The van der Waals surface area contributed by atoms with Crippen LogP contribution in [0.4, 0.5) is 0 Å². The lowest BCUT2D eigenvalue weighted by Gasteiger charge is -2.33. The molecule has 1 aliphatic carbocycles. The largest absolute Gasteiger partial charge is 0.332 e. The summed E-state index contributed by atoms with van der Waals surface area (Å²) in [5.74, 6) is 0.0795. The molecule has 1 aromatic heterocycles. The molecule has 0 bridgehead atoms. The smallest absolute Gasteiger partial charge is 0.274 e. The number of hydrogen-bond donors (Lipinski definition) is 1. The number of aromatic nitrogens is 2. The molecule has 0 saturated carbocycles. The number of benzene rings is 1. The molecule has 1 saturated heterocycles. The Bertz CT molecular complexity index is 791. The Hall–Kier alpha value is -1.37. The lowest BCUT2D eigenvalue weighted by Crippen LogP contribution is -2.52. The standard InChI is InChI=1S/C18H21BrN4O.ClH/c1-12-11-20-8-9-22(12)18(24)17-15-6-3-7-16(15)23(21-17)14-5-2-4-13(19)10-14;/h2,4-5,10,12,20H,3,6-9,11H2,1H3;1H/t12-;/m1./s1. The van der Waals surface area contributed by atoms with Gasteiger partial charge in [0.1, 0.15) is 0 Å². The van der Waals surface area contributed by atoms with Gasteiger partial charge in [-0.05, 0) is 44.4 Å². The van der Waals surface area contributed by atoms with Crippen LogP contribution in [0.5, 0.6) is 0 Å². The van der Waals surface area contributed by atoms with Crippen LogP contribution in [0.15, 0.2) is 28.7 Å². The number of rotatable bonds is 2. The Morgan fingerprint density at radius 1 is 1.36 bits per heavy atom. The van der Waals surface area contributed by atoms with Crippen molar-refractivity contribution in [2.75, 3.05) is 19.6 Å². The summed E-state index contributed by atoms with van der Waals surface area (Å²) < 4.78 is 2.98. The molecule has 1 aromatic carbocycles. The van der Waals surface area contributed by atoms with Gasteiger partial charge in [0.2, 0.25) is 0 Å². The van der Waals surface area contributed by atoms with Gasteiger partial charge in [0.05, 0.1) is 5.69 Å². The molecular formula is C18H22BrClN4O. The zero-order valence-corrected chi connectivity index (χ0v) is 16.6. The molecule has 1 N–H and O–H groups in total. The van der Waals surface area contributed by atoms with Crippen molar-refractivity contribution in [1.82, 2.24) is 20.0 Å². The molecule has 25 heavy (non-hydrogen) atoms. The first-order valence-corrected chi connectivity index (χ1v) is 9.33. The molecule has 0 unspecified atom stereocenters. The van der Waals surface area contributed by atoms with E-state index in [1.807, 2.05) is 33.8 Å². The van der Waals surface area contributed by atoms with E-state index in [0.29, 0.717) is 5.69 Å². The van der Waals surface area contributed by atoms with Gasteiger partial charge >= 0.3 is 0 Å². The molecule has 134 valence electrons. The Morgan fingerprint density at radius 3 is 2.96 bits per heavy atom. The summed E-state index contributed by atoms with van der Waals surface area (Å²) in [5.41, 5.74) is 4.00. The molecule has 4 rings (SSSR count). The number of piperazine rings is 1. The maximum absolute atomic E-state index is 13.1. The van der Waals surface area contributed by atoms with E-state index >= 15 is 0 Å². The average molecular weight is 426 g/mol. The Balaban J connectivity index is 0.00000182. The van der Waals surface area contributed by atoms with Gasteiger partial charge in [-0.2, -0.15) is 5.10 Å². The first-order chi connectivity index (χ1) is 11.6. The van der Waals surface area contributed by atoms with E-state index in [4.69, 9.17) is 5.10 Å². The summed E-state index contributed by atoms with van der Waals surface area (Å²) in [6.45, 7) is 4.54. The van der Waals surface area contributed by atoms with Gasteiger partial charge < -0.3 is 10.2 Å². The lowest BCUT2D eigenvalue weighted by molar-refractivity contribution is 0.0648. The summed E-state index contributed by atoms with van der Waals surface area (Å²) in [6.07, 6.45) is 3.03. The van der Waals surface area contributed by atoms with Crippen molar-refractivity contribution in [2.24, 2.45) is 0 Å². The van der Waals surface area contributed by atoms with Gasteiger partial charge in [-0.15, -0.1) is 12.4 Å². The van der Waals surface area contributed by atoms with E-state index in [0.717, 1.165) is 54.6 Å². The van der Waals surface area contributed by atoms with Crippen molar-refractivity contribution in [3.05, 3.63) is 45.7 Å². The van der Waals surface area contributed by atoms with E-state index < -0.39 is 0 Å². The van der Waals surface area contributed by atoms with E-state index in [-0.39, 0.29) is 24.4 Å². The predicted octanol–water partition coefficient (Wildman–Crippen LogP) is 2.98. The second-order valence-corrected chi connectivity index (χ2v) is 7.49. The third-order valence-corrected chi connectivity index (χ3v) is 5.44. The van der Waals surface area contributed by atoms with Crippen LogP contribution >= 0.6 is 28.3 Å². The van der Waals surface area contributed by atoms with Gasteiger partial charge in [-0.1, -0.05) is 22.0 Å². The number of nitrogens with zero attached hydrogens (tertiary/aromatic N) is 3. The summed E-state index contributed by atoms with van der Waals surface area (Å²) >= 11 is 3.52. The van der Waals surface area contributed by atoms with Crippen molar-refractivity contribution in [3.63, 3.8) is 0 Å². The minimum absolute atomic E-state index is 0. The topological polar surface area (TPSA) is 50.2 Å². The van der Waals surface area contributed by atoms with Crippen LogP contribution in [-0.4, -0.2) is 46.3 Å². The molecule has 1 fully saturated rings. The van der Waals surface area contributed by atoms with Gasteiger partial charge in [-0.25, -0.2) is 4.68 Å². The fraction of sp³-hybridized carbons (Fsp3) is 0.444. The van der Waals surface area contributed by atoms with Crippen LogP contribution in [-0.2, 0) is 12.8 Å². The SMILES string of the molecule is C[C@@H]1CNCCN1C(=O)c1nn(-c2cccc(Br)c2)c2c1CCC2.Cl. The molecule has 7 heteroatoms. The Labute approximate surface area is 162 Å². The second kappa shape index (κ2) is 7.48. The van der Waals surface area contributed by atoms with Crippen LogP contribution in [0, 0.1) is 0 Å². The molecule has 2 heterocycles. The number of carbonyl (C=O) groups excluding carboxylic acids is 1. The molecule has 5 nitrogen and oxygen atoms in total. The Kier molecular flexibility index (Phi) is 5.51. The summed E-state index contributed by atoms with van der Waals surface area (Å²) in [6, 6.07) is 8.30. The highest BCUT2D eigenvalue weighted by Crippen LogP contribution is 2.29. The average Bonchev–Trinajstić information content (AvgIpc) is 3.17. The number of halogens is 2. The summed E-state index contributed by atoms with van der Waals surface area (Å²) in [7, 11) is 0. The van der Waals surface area contributed by atoms with Crippen LogP contribution in [0.25, 0.3) is 5.69 Å². The van der Waals surface area contributed by atoms with Crippen LogP contribution in [0.2, 0.25) is 0 Å². The maximum atomic E-state index is 13.1. The molecule has 1 aliphatic heterocycles. The van der Waals surface area contributed by atoms with Crippen molar-refractivity contribution >= 4 is 34.2 Å². The van der Waals surface area contributed by atoms with E-state index in [1.54, 1.807) is 0 Å². The van der Waals surface area contributed by atoms with E-state index in [9.17, 15) is 4.79 Å². The quantitative estimate of drug-likeness (QED) is 0.805. The highest BCUT2D eigenvalue weighted by atomic mass is 79.9. The van der Waals surface area contributed by atoms with Crippen molar-refractivity contribution in [2.45, 2.75) is 32.2 Å². The molecule has 2 aromatic rings. The number of carbonyl (C=O) groups is 1. The summed E-state index contributed by atoms with van der Waals surface area (Å²) in [5, 5.41) is 8.07. The highest BCUT2D eigenvalue weighted by molar-refractivity contribution is 9.10. The normalized spacial score (nSPS) is 19.4. The zero-order chi connectivity index (χ0) is 16.7. The maximum Gasteiger partial charge on any atom is 0.274 e. The number of nitrogens with one attached hydrogen (secondary N) is 1. The molecule has 1 atom stereocenters. The second-order valence-electron chi connectivity index (χ2n) is 6.57. The molecule has 1 amide bonds. The number of fused-ring (bicyclic) bond motifs is 1. The zero-order valence-electron chi connectivity index (χ0n) is 14.2. The van der Waals surface area contributed by atoms with Crippen LogP contribution in [0.1, 0.15) is 35.1 Å². The minimum atomic E-state index is 0. The highest BCUT2D eigenvalue weighted by Gasteiger charge is 2.32. The van der Waals surface area contributed by atoms with E-state index in [2.05, 4.69) is 28.2 Å². The van der Waals surface area contributed by atoms with Crippen molar-refractivity contribution in [3.8, 4) is 5.69 Å². The number of amides is 1. The Morgan fingerprint density at radius 2 is 2.20 bits per heavy atom. The molecule has 0 radical (unpaired) electrons. The van der Waals surface area contributed by atoms with Gasteiger partial charge in [-0.3, -0.25) is 4.79 Å². The van der Waals surface area contributed by atoms with Crippen molar-refractivity contribution in [1.29, 1.82) is 0 Å². The number of hydrogen-bond acceptors (Lipinski definition) is 3. The summed E-state index contributed by atoms with van der Waals surface area (Å²) in [4.78, 5) is 15.1. The van der Waals surface area contributed by atoms with Crippen molar-refractivity contribution < 1.29 is 4.79 Å². The van der Waals surface area contributed by atoms with Gasteiger partial charge in [0, 0.05) is 41.4 Å². The third kappa shape index (κ3) is 3.35. The fourth-order valence-corrected chi connectivity index (χ4v) is 4.10. The molecule has 2 aliphatic rings. The van der Waals surface area contributed by atoms with Crippen LogP contribution < -0.4 is 5.32 Å². The predicted molar refractivity (Wildman–Crippen MR) is 104 cm³/mol. The van der Waals surface area contributed by atoms with E-state index in [1.165, 1.54) is 5.69 Å². The van der Waals surface area contributed by atoms with Gasteiger partial charge in [0.25, 0.3) is 5.91 Å². The monoisotopic (exact) mass is 424 g/mol. The third-order valence-electron chi connectivity index (χ3n) is 4.95. The lowest BCUT2D eigenvalue weighted by atomic mass is 10.1. The minimum Gasteiger partial charge on any atom is -0.332 e. The molecular weight excluding hydrogens is 404 g/mol. The van der Waals surface area contributed by atoms with Gasteiger partial charge in [0.15, 0.2) is 5.69 Å².